The van der Waals surface area contributed by atoms with Crippen molar-refractivity contribution >= 4 is 5.97 Å². The fourth-order valence-electron chi connectivity index (χ4n) is 3.14. The second kappa shape index (κ2) is 5.31. The first kappa shape index (κ1) is 12.6. The van der Waals surface area contributed by atoms with Gasteiger partial charge in [0.15, 0.2) is 0 Å². The Hall–Kier alpha value is -1.39. The fraction of sp³-hybridized carbons (Fsp3) is 0.533. The summed E-state index contributed by atoms with van der Waals surface area (Å²) in [7, 11) is 0. The Morgan fingerprint density at radius 3 is 2.95 bits per heavy atom. The summed E-state index contributed by atoms with van der Waals surface area (Å²) in [6.45, 7) is 0. The molecular weight excluding hydrogens is 240 g/mol. The maximum absolute atomic E-state index is 10.6. The third kappa shape index (κ3) is 2.80. The molecule has 0 saturated carbocycles. The average Bonchev–Trinajstić information content (AvgIpc) is 3.04. The molecule has 1 heterocycles. The lowest BCUT2D eigenvalue weighted by atomic mass is 9.97. The molecule has 1 aromatic rings. The van der Waals surface area contributed by atoms with Gasteiger partial charge in [-0.1, -0.05) is 18.2 Å². The molecule has 102 valence electrons. The predicted molar refractivity (Wildman–Crippen MR) is 72.8 cm³/mol. The molecule has 19 heavy (non-hydrogen) atoms. The van der Waals surface area contributed by atoms with Gasteiger partial charge in [-0.15, -0.1) is 0 Å². The summed E-state index contributed by atoms with van der Waals surface area (Å²) in [4.78, 5) is 10.6. The Bertz CT molecular complexity index is 487. The predicted octanol–water partition coefficient (Wildman–Crippen LogP) is 1.95. The zero-order chi connectivity index (χ0) is 13.2. The first-order chi connectivity index (χ1) is 9.22. The van der Waals surface area contributed by atoms with E-state index in [-0.39, 0.29) is 12.5 Å². The molecule has 0 radical (unpaired) electrons. The van der Waals surface area contributed by atoms with Crippen LogP contribution in [0.25, 0.3) is 0 Å². The number of aliphatic carboxylic acids is 1. The van der Waals surface area contributed by atoms with Gasteiger partial charge in [-0.2, -0.15) is 0 Å². The van der Waals surface area contributed by atoms with E-state index in [1.165, 1.54) is 36.0 Å². The quantitative estimate of drug-likeness (QED) is 0.774. The summed E-state index contributed by atoms with van der Waals surface area (Å²) in [5.41, 5.74) is 10.8. The van der Waals surface area contributed by atoms with Crippen molar-refractivity contribution in [1.29, 1.82) is 0 Å². The number of fused-ring (bicyclic) bond motifs is 1. The third-order valence-electron chi connectivity index (χ3n) is 4.21. The number of hydrogen-bond donors (Lipinski definition) is 3. The van der Waals surface area contributed by atoms with Crippen LogP contribution in [0.15, 0.2) is 18.2 Å². The molecule has 2 atom stereocenters. The molecule has 0 aromatic heterocycles. The van der Waals surface area contributed by atoms with Crippen LogP contribution in [0.2, 0.25) is 0 Å². The van der Waals surface area contributed by atoms with E-state index in [0.717, 1.165) is 6.42 Å². The number of hydrazine groups is 1. The fourth-order valence-corrected chi connectivity index (χ4v) is 3.14. The number of rotatable bonds is 4. The zero-order valence-electron chi connectivity index (χ0n) is 11.0. The molecule has 2 aliphatic rings. The highest BCUT2D eigenvalue weighted by Crippen LogP contribution is 2.29. The Balaban J connectivity index is 1.63. The third-order valence-corrected chi connectivity index (χ3v) is 4.21. The Morgan fingerprint density at radius 1 is 1.26 bits per heavy atom. The molecule has 0 bridgehead atoms. The SMILES string of the molecule is O=C(O)CCC1CC(c2ccc3c(c2)CCC3)NN1. The minimum absolute atomic E-state index is 0.232. The molecule has 4 heteroatoms. The molecule has 1 aliphatic carbocycles. The van der Waals surface area contributed by atoms with E-state index >= 15 is 0 Å². The molecule has 0 spiro atoms. The van der Waals surface area contributed by atoms with E-state index < -0.39 is 5.97 Å². The van der Waals surface area contributed by atoms with Crippen molar-refractivity contribution in [2.24, 2.45) is 0 Å². The number of carboxylic acid groups (broad SMARTS) is 1. The monoisotopic (exact) mass is 260 g/mol. The lowest BCUT2D eigenvalue weighted by Crippen LogP contribution is -2.31. The standard InChI is InChI=1S/C15H20N2O2/c18-15(19)7-6-13-9-14(17-16-13)12-5-4-10-2-1-3-11(10)8-12/h4-5,8,13-14,16-17H,1-3,6-7,9H2,(H,18,19). The number of aryl methyl sites for hydroxylation is 2. The van der Waals surface area contributed by atoms with Crippen molar-refractivity contribution < 1.29 is 9.90 Å². The van der Waals surface area contributed by atoms with Gasteiger partial charge < -0.3 is 5.11 Å². The second-order valence-electron chi connectivity index (χ2n) is 5.59. The van der Waals surface area contributed by atoms with Crippen LogP contribution in [0.4, 0.5) is 0 Å². The Morgan fingerprint density at radius 2 is 2.11 bits per heavy atom. The maximum atomic E-state index is 10.6. The second-order valence-corrected chi connectivity index (χ2v) is 5.59. The number of nitrogens with one attached hydrogen (secondary N) is 2. The molecule has 3 N–H and O–H groups in total. The van der Waals surface area contributed by atoms with Crippen LogP contribution in [0, 0.1) is 0 Å². The minimum atomic E-state index is -0.720. The summed E-state index contributed by atoms with van der Waals surface area (Å²) in [6, 6.07) is 7.35. The molecule has 1 aromatic carbocycles. The van der Waals surface area contributed by atoms with Gasteiger partial charge in [0.25, 0.3) is 0 Å². The first-order valence-corrected chi connectivity index (χ1v) is 7.07. The van der Waals surface area contributed by atoms with Gasteiger partial charge in [0.05, 0.1) is 0 Å². The van der Waals surface area contributed by atoms with Crippen LogP contribution in [-0.2, 0) is 17.6 Å². The van der Waals surface area contributed by atoms with Gasteiger partial charge in [-0.25, -0.2) is 0 Å². The Kier molecular flexibility index (Phi) is 3.53. The Labute approximate surface area is 113 Å². The van der Waals surface area contributed by atoms with Crippen molar-refractivity contribution in [2.45, 2.75) is 50.6 Å². The van der Waals surface area contributed by atoms with Crippen LogP contribution >= 0.6 is 0 Å². The minimum Gasteiger partial charge on any atom is -0.481 e. The molecule has 1 aliphatic heterocycles. The number of carbonyl (C=O) groups is 1. The normalized spacial score (nSPS) is 25.5. The number of carboxylic acids is 1. The van der Waals surface area contributed by atoms with Gasteiger partial charge >= 0.3 is 5.97 Å². The molecule has 4 nitrogen and oxygen atoms in total. The van der Waals surface area contributed by atoms with Crippen LogP contribution in [0.3, 0.4) is 0 Å². The maximum Gasteiger partial charge on any atom is 0.303 e. The van der Waals surface area contributed by atoms with Gasteiger partial charge in [0.1, 0.15) is 0 Å². The topological polar surface area (TPSA) is 61.4 Å². The van der Waals surface area contributed by atoms with E-state index in [0.29, 0.717) is 12.5 Å². The lowest BCUT2D eigenvalue weighted by molar-refractivity contribution is -0.137. The molecule has 0 amide bonds. The van der Waals surface area contributed by atoms with Crippen molar-refractivity contribution in [1.82, 2.24) is 10.9 Å². The summed E-state index contributed by atoms with van der Waals surface area (Å²) >= 11 is 0. The average molecular weight is 260 g/mol. The van der Waals surface area contributed by atoms with Crippen LogP contribution in [0.1, 0.15) is 48.4 Å². The number of hydrogen-bond acceptors (Lipinski definition) is 3. The van der Waals surface area contributed by atoms with Gasteiger partial charge in [-0.3, -0.25) is 15.6 Å². The molecule has 2 unspecified atom stereocenters. The highest BCUT2D eigenvalue weighted by molar-refractivity contribution is 5.66. The summed E-state index contributed by atoms with van der Waals surface area (Å²) < 4.78 is 0. The smallest absolute Gasteiger partial charge is 0.303 e. The van der Waals surface area contributed by atoms with Crippen molar-refractivity contribution in [3.8, 4) is 0 Å². The van der Waals surface area contributed by atoms with Crippen LogP contribution < -0.4 is 10.9 Å². The highest BCUT2D eigenvalue weighted by atomic mass is 16.4. The van der Waals surface area contributed by atoms with Crippen molar-refractivity contribution in [3.63, 3.8) is 0 Å². The number of benzene rings is 1. The van der Waals surface area contributed by atoms with Crippen molar-refractivity contribution in [3.05, 3.63) is 34.9 Å². The molecule has 3 rings (SSSR count). The van der Waals surface area contributed by atoms with E-state index in [4.69, 9.17) is 5.11 Å². The van der Waals surface area contributed by atoms with E-state index in [1.807, 2.05) is 0 Å². The summed E-state index contributed by atoms with van der Waals surface area (Å²) in [5.74, 6) is -0.720. The molecular formula is C15H20N2O2. The van der Waals surface area contributed by atoms with E-state index in [2.05, 4.69) is 29.1 Å². The van der Waals surface area contributed by atoms with Gasteiger partial charge in [0, 0.05) is 18.5 Å². The van der Waals surface area contributed by atoms with E-state index in [1.54, 1.807) is 0 Å². The molecule has 1 saturated heterocycles. The van der Waals surface area contributed by atoms with Gasteiger partial charge in [-0.05, 0) is 48.8 Å². The zero-order valence-corrected chi connectivity index (χ0v) is 11.0. The van der Waals surface area contributed by atoms with Gasteiger partial charge in [0.2, 0.25) is 0 Å². The van der Waals surface area contributed by atoms with E-state index in [9.17, 15) is 4.79 Å². The lowest BCUT2D eigenvalue weighted by Gasteiger charge is -2.11. The first-order valence-electron chi connectivity index (χ1n) is 7.07. The highest BCUT2D eigenvalue weighted by Gasteiger charge is 2.26. The summed E-state index contributed by atoms with van der Waals surface area (Å²) in [5, 5.41) is 8.71. The molecule has 1 fully saturated rings. The largest absolute Gasteiger partial charge is 0.481 e. The summed E-state index contributed by atoms with van der Waals surface area (Å²) in [6.07, 6.45) is 5.57. The van der Waals surface area contributed by atoms with Crippen LogP contribution in [-0.4, -0.2) is 17.1 Å². The van der Waals surface area contributed by atoms with Crippen LogP contribution in [0.5, 0.6) is 0 Å². The van der Waals surface area contributed by atoms with Crippen molar-refractivity contribution in [2.75, 3.05) is 0 Å².